The number of para-hydroxylation sites is 1. The maximum atomic E-state index is 14.0. The Morgan fingerprint density at radius 3 is 2.16 bits per heavy atom. The Balaban J connectivity index is 2.11. The highest BCUT2D eigenvalue weighted by Gasteiger charge is 2.52. The van der Waals surface area contributed by atoms with E-state index in [0.29, 0.717) is 16.7 Å². The normalized spacial score (nSPS) is 17.0. The second-order valence-corrected chi connectivity index (χ2v) is 9.41. The molecule has 0 aliphatic carbocycles. The molecule has 1 saturated heterocycles. The summed E-state index contributed by atoms with van der Waals surface area (Å²) in [5, 5.41) is 0. The van der Waals surface area contributed by atoms with E-state index in [4.69, 9.17) is 15.0 Å². The lowest BCUT2D eigenvalue weighted by Gasteiger charge is -2.32. The van der Waals surface area contributed by atoms with Gasteiger partial charge in [0.05, 0.1) is 28.1 Å². The maximum Gasteiger partial charge on any atom is 0.495 e. The zero-order valence-electron chi connectivity index (χ0n) is 19.7. The van der Waals surface area contributed by atoms with E-state index >= 15 is 0 Å². The molecule has 0 aromatic heterocycles. The van der Waals surface area contributed by atoms with Crippen molar-refractivity contribution < 1.29 is 23.3 Å². The number of hydrogen-bond acceptors (Lipinski definition) is 5. The molecule has 0 bridgehead atoms. The number of nitrogens with two attached hydrogens (primary N) is 1. The number of nitrogen functional groups attached to an aromatic ring is 1. The van der Waals surface area contributed by atoms with Crippen LogP contribution < -0.4 is 16.1 Å². The molecular weight excluding hydrogens is 410 g/mol. The molecule has 0 atom stereocenters. The van der Waals surface area contributed by atoms with Crippen molar-refractivity contribution in [3.63, 3.8) is 0 Å². The number of halogens is 1. The number of hydrogen-bond donors (Lipinski definition) is 1. The van der Waals surface area contributed by atoms with Gasteiger partial charge in [0.1, 0.15) is 5.82 Å². The molecule has 2 N–H and O–H groups in total. The van der Waals surface area contributed by atoms with E-state index in [9.17, 15) is 14.0 Å². The lowest BCUT2D eigenvalue weighted by molar-refractivity contribution is -0.120. The van der Waals surface area contributed by atoms with Crippen LogP contribution in [0, 0.1) is 18.7 Å². The molecule has 1 aliphatic rings. The van der Waals surface area contributed by atoms with E-state index in [0.717, 1.165) is 4.90 Å². The minimum atomic E-state index is -0.713. The molecule has 2 amide bonds. The zero-order valence-corrected chi connectivity index (χ0v) is 19.7. The lowest BCUT2D eigenvalue weighted by Crippen LogP contribution is -2.43. The smallest absolute Gasteiger partial charge is 0.399 e. The van der Waals surface area contributed by atoms with Crippen molar-refractivity contribution in [2.75, 3.05) is 10.6 Å². The molecule has 3 rings (SSSR count). The number of nitrogens with zero attached hydrogens (tertiary/aromatic N) is 1. The van der Waals surface area contributed by atoms with E-state index in [2.05, 4.69) is 0 Å². The molecule has 0 saturated carbocycles. The number of benzene rings is 2. The van der Waals surface area contributed by atoms with E-state index in [1.165, 1.54) is 18.2 Å². The van der Waals surface area contributed by atoms with Gasteiger partial charge in [0.2, 0.25) is 5.91 Å². The summed E-state index contributed by atoms with van der Waals surface area (Å²) < 4.78 is 26.4. The number of rotatable bonds is 4. The molecular formula is C24H30BFN2O4. The summed E-state index contributed by atoms with van der Waals surface area (Å²) in [5.41, 5.74) is 6.13. The first-order valence-electron chi connectivity index (χ1n) is 10.7. The van der Waals surface area contributed by atoms with Crippen LogP contribution >= 0.6 is 0 Å². The largest absolute Gasteiger partial charge is 0.495 e. The van der Waals surface area contributed by atoms with Crippen LogP contribution in [0.4, 0.5) is 15.8 Å². The predicted octanol–water partition coefficient (Wildman–Crippen LogP) is 3.84. The Morgan fingerprint density at radius 1 is 1.03 bits per heavy atom. The fraction of sp³-hybridized carbons (Fsp3) is 0.417. The summed E-state index contributed by atoms with van der Waals surface area (Å²) in [5.74, 6) is -2.30. The number of amides is 2. The van der Waals surface area contributed by atoms with Gasteiger partial charge >= 0.3 is 7.12 Å². The van der Waals surface area contributed by atoms with Crippen molar-refractivity contribution in [3.8, 4) is 0 Å². The van der Waals surface area contributed by atoms with Gasteiger partial charge < -0.3 is 15.0 Å². The van der Waals surface area contributed by atoms with Crippen LogP contribution in [0.2, 0.25) is 0 Å². The average Bonchev–Trinajstić information content (AvgIpc) is 2.92. The lowest BCUT2D eigenvalue weighted by atomic mass is 9.75. The van der Waals surface area contributed by atoms with Crippen molar-refractivity contribution in [1.29, 1.82) is 0 Å². The minimum Gasteiger partial charge on any atom is -0.399 e. The summed E-state index contributed by atoms with van der Waals surface area (Å²) in [6, 6.07) is 9.24. The molecule has 6 nitrogen and oxygen atoms in total. The molecule has 2 aromatic rings. The molecule has 0 radical (unpaired) electrons. The van der Waals surface area contributed by atoms with Crippen molar-refractivity contribution in [1.82, 2.24) is 0 Å². The maximum absolute atomic E-state index is 14.0. The first-order valence-corrected chi connectivity index (χ1v) is 10.7. The Bertz CT molecular complexity index is 1050. The Hall–Kier alpha value is -2.71. The third-order valence-electron chi connectivity index (χ3n) is 6.30. The van der Waals surface area contributed by atoms with Crippen molar-refractivity contribution in [2.24, 2.45) is 5.92 Å². The van der Waals surface area contributed by atoms with Crippen LogP contribution in [0.3, 0.4) is 0 Å². The fourth-order valence-corrected chi connectivity index (χ4v) is 3.54. The van der Waals surface area contributed by atoms with Gasteiger partial charge in [-0.15, -0.1) is 0 Å². The average molecular weight is 440 g/mol. The molecule has 0 spiro atoms. The number of carbonyl (C=O) groups excluding carboxylic acids is 2. The second kappa shape index (κ2) is 8.33. The van der Waals surface area contributed by atoms with Gasteiger partial charge in [-0.1, -0.05) is 32.0 Å². The van der Waals surface area contributed by atoms with Crippen LogP contribution in [0.1, 0.15) is 57.5 Å². The monoisotopic (exact) mass is 440 g/mol. The summed E-state index contributed by atoms with van der Waals surface area (Å²) in [4.78, 5) is 27.7. The van der Waals surface area contributed by atoms with Crippen LogP contribution in [-0.4, -0.2) is 30.1 Å². The standard InChI is InChI=1S/C24H30BFN2O4/c1-14(2)21(29)28(22(30)16-10-8-12-18(26)20(16)27)19-13-9-11-17(15(19)3)25-31-23(4,5)24(6,7)32-25/h8-14H,27H2,1-7H3. The third-order valence-corrected chi connectivity index (χ3v) is 6.30. The second-order valence-electron chi connectivity index (χ2n) is 9.41. The predicted molar refractivity (Wildman–Crippen MR) is 124 cm³/mol. The molecule has 0 unspecified atom stereocenters. The molecule has 2 aromatic carbocycles. The zero-order chi connectivity index (χ0) is 24.0. The number of imide groups is 1. The highest BCUT2D eigenvalue weighted by Crippen LogP contribution is 2.37. The Labute approximate surface area is 189 Å². The highest BCUT2D eigenvalue weighted by atomic mass is 19.1. The van der Waals surface area contributed by atoms with Crippen molar-refractivity contribution in [3.05, 3.63) is 53.3 Å². The third kappa shape index (κ3) is 4.05. The topological polar surface area (TPSA) is 81.9 Å². The van der Waals surface area contributed by atoms with Gasteiger partial charge in [-0.25, -0.2) is 9.29 Å². The van der Waals surface area contributed by atoms with Crippen LogP contribution in [-0.2, 0) is 14.1 Å². The summed E-state index contributed by atoms with van der Waals surface area (Å²) in [7, 11) is -0.662. The first-order chi connectivity index (χ1) is 14.8. The summed E-state index contributed by atoms with van der Waals surface area (Å²) >= 11 is 0. The van der Waals surface area contributed by atoms with Gasteiger partial charge in [0.15, 0.2) is 0 Å². The molecule has 1 aliphatic heterocycles. The quantitative estimate of drug-likeness (QED) is 0.577. The highest BCUT2D eigenvalue weighted by molar-refractivity contribution is 6.63. The van der Waals surface area contributed by atoms with E-state index in [1.807, 2.05) is 33.8 Å². The van der Waals surface area contributed by atoms with Crippen molar-refractivity contribution in [2.45, 2.75) is 59.7 Å². The van der Waals surface area contributed by atoms with E-state index in [-0.39, 0.29) is 11.3 Å². The van der Waals surface area contributed by atoms with Crippen LogP contribution in [0.5, 0.6) is 0 Å². The molecule has 8 heteroatoms. The van der Waals surface area contributed by atoms with E-state index < -0.39 is 41.9 Å². The summed E-state index contributed by atoms with van der Waals surface area (Å²) in [6.07, 6.45) is 0. The molecule has 1 fully saturated rings. The minimum absolute atomic E-state index is 0.0700. The fourth-order valence-electron chi connectivity index (χ4n) is 3.54. The van der Waals surface area contributed by atoms with Gasteiger partial charge in [0.25, 0.3) is 5.91 Å². The van der Waals surface area contributed by atoms with Crippen LogP contribution in [0.15, 0.2) is 36.4 Å². The molecule has 170 valence electrons. The molecule has 32 heavy (non-hydrogen) atoms. The van der Waals surface area contributed by atoms with Crippen molar-refractivity contribution >= 4 is 35.8 Å². The Morgan fingerprint density at radius 2 is 1.59 bits per heavy atom. The molecule has 1 heterocycles. The first kappa shape index (κ1) is 23.9. The van der Waals surface area contributed by atoms with E-state index in [1.54, 1.807) is 32.9 Å². The number of carbonyl (C=O) groups is 2. The van der Waals surface area contributed by atoms with Gasteiger partial charge in [-0.2, -0.15) is 0 Å². The summed E-state index contributed by atoms with van der Waals surface area (Å²) in [6.45, 7) is 13.0. The van der Waals surface area contributed by atoms with Crippen LogP contribution in [0.25, 0.3) is 0 Å². The van der Waals surface area contributed by atoms with Gasteiger partial charge in [-0.05, 0) is 63.8 Å². The Kier molecular flexibility index (Phi) is 6.24. The SMILES string of the molecule is Cc1c(B2OC(C)(C)C(C)(C)O2)cccc1N(C(=O)c1cccc(F)c1N)C(=O)C(C)C. The number of anilines is 2. The van der Waals surface area contributed by atoms with Gasteiger partial charge in [0, 0.05) is 5.92 Å². The van der Waals surface area contributed by atoms with Gasteiger partial charge in [-0.3, -0.25) is 9.59 Å².